The minimum Gasteiger partial charge on any atom is -0.496 e. The molecule has 118 valence electrons. The third-order valence-electron chi connectivity index (χ3n) is 3.23. The van der Waals surface area contributed by atoms with Crippen molar-refractivity contribution in [3.8, 4) is 5.75 Å². The number of hydrogen-bond donors (Lipinski definition) is 3. The predicted octanol–water partition coefficient (Wildman–Crippen LogP) is 2.92. The second kappa shape index (κ2) is 7.31. The highest BCUT2D eigenvalue weighted by molar-refractivity contribution is 5.89. The molecule has 0 spiro atoms. The van der Waals surface area contributed by atoms with Crippen LogP contribution in [0.4, 0.5) is 10.5 Å². The summed E-state index contributed by atoms with van der Waals surface area (Å²) in [5, 5.41) is 15.1. The van der Waals surface area contributed by atoms with Crippen LogP contribution in [0.1, 0.15) is 32.8 Å². The van der Waals surface area contributed by atoms with Gasteiger partial charge in [-0.1, -0.05) is 13.8 Å². The maximum Gasteiger partial charge on any atom is 0.319 e. The van der Waals surface area contributed by atoms with Crippen LogP contribution in [-0.2, 0) is 0 Å². The molecule has 0 radical (unpaired) electrons. The average Bonchev–Trinajstić information content (AvgIpc) is 2.35. The first-order chi connectivity index (χ1) is 9.73. The van der Waals surface area contributed by atoms with Crippen LogP contribution in [0.5, 0.6) is 5.75 Å². The van der Waals surface area contributed by atoms with Crippen LogP contribution in [0.3, 0.4) is 0 Å². The smallest absolute Gasteiger partial charge is 0.319 e. The molecule has 0 aliphatic heterocycles. The molecule has 0 bridgehead atoms. The number of hydrogen-bond acceptors (Lipinski definition) is 3. The molecule has 5 heteroatoms. The third-order valence-corrected chi connectivity index (χ3v) is 3.23. The molecule has 0 aliphatic carbocycles. The van der Waals surface area contributed by atoms with Crippen LogP contribution >= 0.6 is 0 Å². The van der Waals surface area contributed by atoms with Crippen molar-refractivity contribution < 1.29 is 14.6 Å². The Labute approximate surface area is 126 Å². The van der Waals surface area contributed by atoms with E-state index >= 15 is 0 Å². The minimum atomic E-state index is -0.380. The zero-order chi connectivity index (χ0) is 16.0. The first-order valence-electron chi connectivity index (χ1n) is 7.11. The highest BCUT2D eigenvalue weighted by atomic mass is 16.5. The number of aryl methyl sites for hydroxylation is 1. The van der Waals surface area contributed by atoms with Crippen molar-refractivity contribution in [1.29, 1.82) is 0 Å². The molecular formula is C16H26N2O3. The van der Waals surface area contributed by atoms with Crippen molar-refractivity contribution in [2.24, 2.45) is 5.41 Å². The van der Waals surface area contributed by atoms with Gasteiger partial charge in [-0.3, -0.25) is 0 Å². The highest BCUT2D eigenvalue weighted by Gasteiger charge is 2.21. The molecule has 3 N–H and O–H groups in total. The lowest BCUT2D eigenvalue weighted by atomic mass is 9.87. The van der Waals surface area contributed by atoms with Gasteiger partial charge >= 0.3 is 6.03 Å². The summed E-state index contributed by atoms with van der Waals surface area (Å²) in [4.78, 5) is 11.9. The van der Waals surface area contributed by atoms with Gasteiger partial charge in [0, 0.05) is 12.2 Å². The Kier molecular flexibility index (Phi) is 6.03. The number of anilines is 1. The zero-order valence-electron chi connectivity index (χ0n) is 13.5. The number of aliphatic hydroxyl groups excluding tert-OH is 1. The number of rotatable bonds is 6. The largest absolute Gasteiger partial charge is 0.496 e. The molecule has 1 aromatic rings. The number of ether oxygens (including phenoxy) is 1. The molecule has 2 amide bonds. The van der Waals surface area contributed by atoms with Crippen LogP contribution in [0.2, 0.25) is 0 Å². The molecule has 5 nitrogen and oxygen atoms in total. The van der Waals surface area contributed by atoms with E-state index in [2.05, 4.69) is 10.6 Å². The lowest BCUT2D eigenvalue weighted by Crippen LogP contribution is -2.38. The number of carbonyl (C=O) groups is 1. The van der Waals surface area contributed by atoms with Gasteiger partial charge in [0.1, 0.15) is 5.75 Å². The zero-order valence-corrected chi connectivity index (χ0v) is 13.5. The number of aliphatic hydroxyl groups is 1. The van der Waals surface area contributed by atoms with E-state index in [9.17, 15) is 9.90 Å². The number of benzene rings is 1. The van der Waals surface area contributed by atoms with Crippen molar-refractivity contribution in [2.45, 2.75) is 40.2 Å². The highest BCUT2D eigenvalue weighted by Crippen LogP contribution is 2.22. The Morgan fingerprint density at radius 1 is 1.43 bits per heavy atom. The fraction of sp³-hybridized carbons (Fsp3) is 0.562. The lowest BCUT2D eigenvalue weighted by Gasteiger charge is -2.26. The lowest BCUT2D eigenvalue weighted by molar-refractivity contribution is 0.129. The molecular weight excluding hydrogens is 268 g/mol. The summed E-state index contributed by atoms with van der Waals surface area (Å²) in [6, 6.07) is 5.23. The van der Waals surface area contributed by atoms with Crippen LogP contribution in [-0.4, -0.2) is 30.9 Å². The predicted molar refractivity (Wildman–Crippen MR) is 84.8 cm³/mol. The van der Waals surface area contributed by atoms with Crippen molar-refractivity contribution in [2.75, 3.05) is 19.0 Å². The standard InChI is InChI=1S/C16H26N2O3/c1-11-8-13(6-7-14(11)21-5)18-15(20)17-10-16(3,4)9-12(2)19/h6-8,12,19H,9-10H2,1-5H3,(H2,17,18,20). The van der Waals surface area contributed by atoms with Gasteiger partial charge in [0.2, 0.25) is 0 Å². The van der Waals surface area contributed by atoms with Gasteiger partial charge in [-0.2, -0.15) is 0 Å². The van der Waals surface area contributed by atoms with Crippen molar-refractivity contribution in [3.63, 3.8) is 0 Å². The SMILES string of the molecule is COc1ccc(NC(=O)NCC(C)(C)CC(C)O)cc1C. The average molecular weight is 294 g/mol. The van der Waals surface area contributed by atoms with Gasteiger partial charge in [-0.15, -0.1) is 0 Å². The second-order valence-corrected chi connectivity index (χ2v) is 6.21. The summed E-state index contributed by atoms with van der Waals surface area (Å²) >= 11 is 0. The van der Waals surface area contributed by atoms with Gasteiger partial charge in [0.05, 0.1) is 13.2 Å². The van der Waals surface area contributed by atoms with E-state index < -0.39 is 0 Å². The quantitative estimate of drug-likeness (QED) is 0.755. The maximum atomic E-state index is 11.9. The first kappa shape index (κ1) is 17.3. The molecule has 0 heterocycles. The number of methoxy groups -OCH3 is 1. The summed E-state index contributed by atoms with van der Waals surface area (Å²) in [5.41, 5.74) is 1.53. The summed E-state index contributed by atoms with van der Waals surface area (Å²) in [7, 11) is 1.62. The van der Waals surface area contributed by atoms with Crippen LogP contribution in [0.15, 0.2) is 18.2 Å². The van der Waals surface area contributed by atoms with E-state index in [1.165, 1.54) is 0 Å². The Morgan fingerprint density at radius 2 is 2.10 bits per heavy atom. The molecule has 0 saturated carbocycles. The normalized spacial score (nSPS) is 12.7. The number of carbonyl (C=O) groups excluding carboxylic acids is 1. The van der Waals surface area contributed by atoms with Gasteiger partial charge < -0.3 is 20.5 Å². The summed E-state index contributed by atoms with van der Waals surface area (Å²) in [5.74, 6) is 0.791. The number of nitrogens with one attached hydrogen (secondary N) is 2. The Hall–Kier alpha value is -1.75. The van der Waals surface area contributed by atoms with E-state index in [1.807, 2.05) is 32.9 Å². The van der Waals surface area contributed by atoms with Crippen LogP contribution in [0, 0.1) is 12.3 Å². The van der Waals surface area contributed by atoms with Crippen molar-refractivity contribution in [3.05, 3.63) is 23.8 Å². The topological polar surface area (TPSA) is 70.6 Å². The Bertz CT molecular complexity index is 484. The Morgan fingerprint density at radius 3 is 2.62 bits per heavy atom. The number of urea groups is 1. The van der Waals surface area contributed by atoms with Gasteiger partial charge in [0.25, 0.3) is 0 Å². The summed E-state index contributed by atoms with van der Waals surface area (Å²) < 4.78 is 5.18. The second-order valence-electron chi connectivity index (χ2n) is 6.21. The van der Waals surface area contributed by atoms with Crippen molar-refractivity contribution >= 4 is 11.7 Å². The monoisotopic (exact) mass is 294 g/mol. The van der Waals surface area contributed by atoms with Gasteiger partial charge in [-0.25, -0.2) is 4.79 Å². The molecule has 1 aromatic carbocycles. The maximum absolute atomic E-state index is 11.9. The van der Waals surface area contributed by atoms with Gasteiger partial charge in [-0.05, 0) is 49.4 Å². The van der Waals surface area contributed by atoms with Crippen LogP contribution < -0.4 is 15.4 Å². The van der Waals surface area contributed by atoms with E-state index in [1.54, 1.807) is 20.1 Å². The minimum absolute atomic E-state index is 0.151. The molecule has 0 fully saturated rings. The first-order valence-corrected chi connectivity index (χ1v) is 7.11. The van der Waals surface area contributed by atoms with E-state index in [0.717, 1.165) is 17.0 Å². The van der Waals surface area contributed by atoms with Gasteiger partial charge in [0.15, 0.2) is 0 Å². The van der Waals surface area contributed by atoms with E-state index in [-0.39, 0.29) is 17.6 Å². The number of amides is 2. The summed E-state index contributed by atoms with van der Waals surface area (Å²) in [6.45, 7) is 8.20. The fourth-order valence-corrected chi connectivity index (χ4v) is 2.32. The molecule has 0 saturated heterocycles. The van der Waals surface area contributed by atoms with E-state index in [4.69, 9.17) is 4.74 Å². The molecule has 1 atom stereocenters. The van der Waals surface area contributed by atoms with Crippen molar-refractivity contribution in [1.82, 2.24) is 5.32 Å². The molecule has 0 aromatic heterocycles. The third kappa shape index (κ3) is 6.04. The molecule has 1 unspecified atom stereocenters. The fourth-order valence-electron chi connectivity index (χ4n) is 2.32. The van der Waals surface area contributed by atoms with E-state index in [0.29, 0.717) is 13.0 Å². The molecule has 1 rings (SSSR count). The molecule has 0 aliphatic rings. The molecule has 21 heavy (non-hydrogen) atoms. The van der Waals surface area contributed by atoms with Crippen LogP contribution in [0.25, 0.3) is 0 Å². The summed E-state index contributed by atoms with van der Waals surface area (Å²) in [6.07, 6.45) is 0.253. The Balaban J connectivity index is 2.52.